The molecule has 0 unspecified atom stereocenters. The van der Waals surface area contributed by atoms with Gasteiger partial charge in [0.15, 0.2) is 0 Å². The minimum Gasteiger partial charge on any atom is -0.370 e. The van der Waals surface area contributed by atoms with Gasteiger partial charge in [0.2, 0.25) is 0 Å². The molecule has 0 saturated carbocycles. The van der Waals surface area contributed by atoms with Gasteiger partial charge in [0, 0.05) is 18.8 Å². The highest BCUT2D eigenvalue weighted by Crippen LogP contribution is 2.10. The summed E-state index contributed by atoms with van der Waals surface area (Å²) < 4.78 is 0. The van der Waals surface area contributed by atoms with Crippen LogP contribution in [-0.4, -0.2) is 18.1 Å². The smallest absolute Gasteiger partial charge is 0.126 e. The highest BCUT2D eigenvalue weighted by molar-refractivity contribution is 5.38. The Labute approximate surface area is 92.3 Å². The van der Waals surface area contributed by atoms with E-state index < -0.39 is 0 Å². The van der Waals surface area contributed by atoms with Crippen molar-refractivity contribution < 1.29 is 0 Å². The van der Waals surface area contributed by atoms with Crippen LogP contribution < -0.4 is 10.6 Å². The second-order valence-electron chi connectivity index (χ2n) is 3.65. The molecular formula is C12H21N3. The third-order valence-electron chi connectivity index (χ3n) is 2.32. The predicted octanol–water partition coefficient (Wildman–Crippen LogP) is 2.32. The standard InChI is InChI=1S/C12H21N3/c1-4-8-14-12-7-6-11(9-13-5-2)10(3)15-12/h6-7,13H,4-5,8-9H2,1-3H3,(H,14,15). The summed E-state index contributed by atoms with van der Waals surface area (Å²) in [6, 6.07) is 4.19. The maximum atomic E-state index is 4.51. The fourth-order valence-corrected chi connectivity index (χ4v) is 1.39. The minimum absolute atomic E-state index is 0.906. The average Bonchev–Trinajstić information content (AvgIpc) is 2.25. The lowest BCUT2D eigenvalue weighted by Crippen LogP contribution is -2.13. The largest absolute Gasteiger partial charge is 0.370 e. The number of hydrogen-bond acceptors (Lipinski definition) is 3. The number of anilines is 1. The van der Waals surface area contributed by atoms with E-state index in [9.17, 15) is 0 Å². The molecule has 0 amide bonds. The van der Waals surface area contributed by atoms with Crippen molar-refractivity contribution in [2.45, 2.75) is 33.7 Å². The topological polar surface area (TPSA) is 37.0 Å². The van der Waals surface area contributed by atoms with Gasteiger partial charge in [0.1, 0.15) is 5.82 Å². The van der Waals surface area contributed by atoms with Crippen molar-refractivity contribution in [1.82, 2.24) is 10.3 Å². The Bertz CT molecular complexity index is 297. The lowest BCUT2D eigenvalue weighted by atomic mass is 10.2. The fourth-order valence-electron chi connectivity index (χ4n) is 1.39. The lowest BCUT2D eigenvalue weighted by Gasteiger charge is -2.09. The summed E-state index contributed by atoms with van der Waals surface area (Å²) in [4.78, 5) is 4.51. The molecule has 0 atom stereocenters. The number of rotatable bonds is 6. The van der Waals surface area contributed by atoms with Crippen molar-refractivity contribution in [3.8, 4) is 0 Å². The maximum absolute atomic E-state index is 4.51. The van der Waals surface area contributed by atoms with E-state index in [1.54, 1.807) is 0 Å². The molecule has 0 aliphatic carbocycles. The van der Waals surface area contributed by atoms with Crippen LogP contribution in [0.5, 0.6) is 0 Å². The van der Waals surface area contributed by atoms with Gasteiger partial charge < -0.3 is 10.6 Å². The Kier molecular flexibility index (Phi) is 5.12. The van der Waals surface area contributed by atoms with Gasteiger partial charge in [-0.15, -0.1) is 0 Å². The normalized spacial score (nSPS) is 10.3. The second kappa shape index (κ2) is 6.40. The van der Waals surface area contributed by atoms with Crippen molar-refractivity contribution in [3.05, 3.63) is 23.4 Å². The van der Waals surface area contributed by atoms with Crippen LogP contribution in [0.15, 0.2) is 12.1 Å². The third kappa shape index (κ3) is 3.88. The van der Waals surface area contributed by atoms with Gasteiger partial charge in [-0.05, 0) is 31.5 Å². The van der Waals surface area contributed by atoms with Gasteiger partial charge in [0.25, 0.3) is 0 Å². The molecule has 1 aromatic heterocycles. The van der Waals surface area contributed by atoms with Crippen molar-refractivity contribution in [2.24, 2.45) is 0 Å². The van der Waals surface area contributed by atoms with Crippen LogP contribution >= 0.6 is 0 Å². The molecular weight excluding hydrogens is 186 g/mol. The number of nitrogens with one attached hydrogen (secondary N) is 2. The van der Waals surface area contributed by atoms with Crippen LogP contribution in [0.3, 0.4) is 0 Å². The summed E-state index contributed by atoms with van der Waals surface area (Å²) in [5.41, 5.74) is 2.39. The van der Waals surface area contributed by atoms with Gasteiger partial charge in [-0.25, -0.2) is 4.98 Å². The molecule has 0 spiro atoms. The van der Waals surface area contributed by atoms with E-state index in [0.717, 1.165) is 37.6 Å². The Morgan fingerprint density at radius 2 is 2.07 bits per heavy atom. The molecule has 1 heterocycles. The first kappa shape index (κ1) is 12.0. The SMILES string of the molecule is CCCNc1ccc(CNCC)c(C)n1. The summed E-state index contributed by atoms with van der Waals surface area (Å²) in [5.74, 6) is 0.981. The van der Waals surface area contributed by atoms with E-state index in [1.165, 1.54) is 5.56 Å². The number of hydrogen-bond donors (Lipinski definition) is 2. The van der Waals surface area contributed by atoms with Crippen LogP contribution in [-0.2, 0) is 6.54 Å². The fraction of sp³-hybridized carbons (Fsp3) is 0.583. The highest BCUT2D eigenvalue weighted by Gasteiger charge is 2.00. The van der Waals surface area contributed by atoms with E-state index in [4.69, 9.17) is 0 Å². The molecule has 0 aromatic carbocycles. The summed E-state index contributed by atoms with van der Waals surface area (Å²) in [7, 11) is 0. The number of aryl methyl sites for hydroxylation is 1. The molecule has 1 rings (SSSR count). The van der Waals surface area contributed by atoms with Gasteiger partial charge in [0.05, 0.1) is 0 Å². The van der Waals surface area contributed by atoms with E-state index in [2.05, 4.69) is 48.5 Å². The molecule has 0 fully saturated rings. The molecule has 3 heteroatoms. The maximum Gasteiger partial charge on any atom is 0.126 e. The molecule has 0 saturated heterocycles. The summed E-state index contributed by atoms with van der Waals surface area (Å²) in [5, 5.41) is 6.59. The Morgan fingerprint density at radius 3 is 2.67 bits per heavy atom. The third-order valence-corrected chi connectivity index (χ3v) is 2.32. The monoisotopic (exact) mass is 207 g/mol. The first-order valence-corrected chi connectivity index (χ1v) is 5.69. The summed E-state index contributed by atoms with van der Waals surface area (Å²) in [6.07, 6.45) is 1.12. The molecule has 15 heavy (non-hydrogen) atoms. The second-order valence-corrected chi connectivity index (χ2v) is 3.65. The molecule has 0 bridgehead atoms. The number of pyridine rings is 1. The highest BCUT2D eigenvalue weighted by atomic mass is 15.0. The van der Waals surface area contributed by atoms with Crippen LogP contribution in [0.4, 0.5) is 5.82 Å². The molecule has 2 N–H and O–H groups in total. The molecule has 3 nitrogen and oxygen atoms in total. The summed E-state index contributed by atoms with van der Waals surface area (Å²) in [6.45, 7) is 9.21. The van der Waals surface area contributed by atoms with E-state index in [-0.39, 0.29) is 0 Å². The zero-order valence-electron chi connectivity index (χ0n) is 9.93. The number of aromatic nitrogens is 1. The van der Waals surface area contributed by atoms with E-state index in [1.807, 2.05) is 0 Å². The van der Waals surface area contributed by atoms with Gasteiger partial charge in [-0.3, -0.25) is 0 Å². The zero-order chi connectivity index (χ0) is 11.1. The van der Waals surface area contributed by atoms with Crippen LogP contribution in [0.2, 0.25) is 0 Å². The van der Waals surface area contributed by atoms with Crippen molar-refractivity contribution in [1.29, 1.82) is 0 Å². The predicted molar refractivity (Wildman–Crippen MR) is 65.1 cm³/mol. The zero-order valence-corrected chi connectivity index (χ0v) is 9.93. The van der Waals surface area contributed by atoms with E-state index >= 15 is 0 Å². The van der Waals surface area contributed by atoms with Crippen molar-refractivity contribution in [3.63, 3.8) is 0 Å². The Morgan fingerprint density at radius 1 is 1.27 bits per heavy atom. The van der Waals surface area contributed by atoms with Crippen molar-refractivity contribution in [2.75, 3.05) is 18.4 Å². The Balaban J connectivity index is 2.61. The molecule has 0 radical (unpaired) electrons. The quantitative estimate of drug-likeness (QED) is 0.751. The molecule has 0 aliphatic heterocycles. The molecule has 1 aromatic rings. The van der Waals surface area contributed by atoms with Gasteiger partial charge in [-0.1, -0.05) is 19.9 Å². The van der Waals surface area contributed by atoms with Crippen LogP contribution in [0.1, 0.15) is 31.5 Å². The van der Waals surface area contributed by atoms with Gasteiger partial charge >= 0.3 is 0 Å². The molecule has 0 aliphatic rings. The number of nitrogens with zero attached hydrogens (tertiary/aromatic N) is 1. The lowest BCUT2D eigenvalue weighted by molar-refractivity contribution is 0.720. The first-order valence-electron chi connectivity index (χ1n) is 5.69. The summed E-state index contributed by atoms with van der Waals surface area (Å²) >= 11 is 0. The van der Waals surface area contributed by atoms with E-state index in [0.29, 0.717) is 0 Å². The first-order chi connectivity index (χ1) is 7.27. The van der Waals surface area contributed by atoms with Crippen LogP contribution in [0, 0.1) is 6.92 Å². The van der Waals surface area contributed by atoms with Crippen LogP contribution in [0.25, 0.3) is 0 Å². The average molecular weight is 207 g/mol. The Hall–Kier alpha value is -1.09. The van der Waals surface area contributed by atoms with Crippen molar-refractivity contribution >= 4 is 5.82 Å². The van der Waals surface area contributed by atoms with Gasteiger partial charge in [-0.2, -0.15) is 0 Å². The molecule has 84 valence electrons. The minimum atomic E-state index is 0.906.